The van der Waals surface area contributed by atoms with E-state index in [-0.39, 0.29) is 11.8 Å². The number of hydrogen-bond donors (Lipinski definition) is 2. The summed E-state index contributed by atoms with van der Waals surface area (Å²) in [5, 5.41) is 12.1. The normalized spacial score (nSPS) is 13.3. The van der Waals surface area contributed by atoms with E-state index in [1.165, 1.54) is 13.2 Å². The molecule has 0 aliphatic heterocycles. The van der Waals surface area contributed by atoms with Gasteiger partial charge in [-0.05, 0) is 23.6 Å². The zero-order valence-electron chi connectivity index (χ0n) is 12.4. The number of nitrogens with one attached hydrogen (secondary N) is 1. The summed E-state index contributed by atoms with van der Waals surface area (Å²) >= 11 is 5.99. The lowest BCUT2D eigenvalue weighted by Gasteiger charge is -2.17. The Balaban J connectivity index is 2.89. The first-order valence-corrected chi connectivity index (χ1v) is 7.12. The van der Waals surface area contributed by atoms with Gasteiger partial charge >= 0.3 is 5.97 Å². The third-order valence-electron chi connectivity index (χ3n) is 3.29. The van der Waals surface area contributed by atoms with Gasteiger partial charge in [-0.15, -0.1) is 0 Å². The van der Waals surface area contributed by atoms with Gasteiger partial charge in [-0.25, -0.2) is 4.79 Å². The Morgan fingerprint density at radius 1 is 1.43 bits per heavy atom. The molecule has 1 aromatic carbocycles. The number of halogens is 1. The summed E-state index contributed by atoms with van der Waals surface area (Å²) in [5.74, 6) is -0.758. The van der Waals surface area contributed by atoms with E-state index in [2.05, 4.69) is 5.32 Å². The molecule has 0 saturated carbocycles. The highest BCUT2D eigenvalue weighted by atomic mass is 35.5. The van der Waals surface area contributed by atoms with Crippen LogP contribution < -0.4 is 10.1 Å². The van der Waals surface area contributed by atoms with E-state index >= 15 is 0 Å². The largest absolute Gasteiger partial charge is 0.495 e. The minimum absolute atomic E-state index is 0.207. The van der Waals surface area contributed by atoms with Crippen molar-refractivity contribution in [1.29, 1.82) is 0 Å². The molecule has 5 nitrogen and oxygen atoms in total. The fraction of sp³-hybridized carbons (Fsp3) is 0.467. The van der Waals surface area contributed by atoms with Crippen LogP contribution in [0, 0.1) is 5.92 Å². The molecule has 2 atom stereocenters. The summed E-state index contributed by atoms with van der Waals surface area (Å²) in [7, 11) is 1.48. The molecule has 0 saturated heterocycles. The van der Waals surface area contributed by atoms with Crippen LogP contribution in [0.2, 0.25) is 5.02 Å². The molecule has 0 spiro atoms. The van der Waals surface area contributed by atoms with Gasteiger partial charge in [0.2, 0.25) is 5.91 Å². The van der Waals surface area contributed by atoms with Crippen LogP contribution in [-0.2, 0) is 9.59 Å². The number of aliphatic carboxylic acids is 1. The zero-order valence-corrected chi connectivity index (χ0v) is 13.1. The molecule has 0 aliphatic rings. The molecule has 0 fully saturated rings. The molecule has 0 aromatic heterocycles. The molecular weight excluding hydrogens is 294 g/mol. The first kappa shape index (κ1) is 17.3. The first-order valence-electron chi connectivity index (χ1n) is 6.74. The average Bonchev–Trinajstić information content (AvgIpc) is 2.44. The van der Waals surface area contributed by atoms with E-state index < -0.39 is 12.0 Å². The molecule has 6 heteroatoms. The van der Waals surface area contributed by atoms with Gasteiger partial charge in [-0.1, -0.05) is 37.9 Å². The average molecular weight is 314 g/mol. The minimum Gasteiger partial charge on any atom is -0.495 e. The molecule has 0 heterocycles. The second-order valence-electron chi connectivity index (χ2n) is 4.95. The molecule has 21 heavy (non-hydrogen) atoms. The Bertz CT molecular complexity index is 518. The monoisotopic (exact) mass is 313 g/mol. The lowest BCUT2D eigenvalue weighted by atomic mass is 10.0. The Morgan fingerprint density at radius 2 is 2.10 bits per heavy atom. The molecule has 0 bridgehead atoms. The van der Waals surface area contributed by atoms with Crippen molar-refractivity contribution in [2.24, 2.45) is 5.92 Å². The summed E-state index contributed by atoms with van der Waals surface area (Å²) in [6.45, 7) is 3.93. The van der Waals surface area contributed by atoms with Crippen molar-refractivity contribution in [2.75, 3.05) is 7.11 Å². The molecule has 1 amide bonds. The van der Waals surface area contributed by atoms with Gasteiger partial charge < -0.3 is 15.2 Å². The number of amides is 1. The molecule has 0 aliphatic carbocycles. The number of methoxy groups -OCH3 is 1. The minimum atomic E-state index is -1.13. The Kier molecular flexibility index (Phi) is 6.49. The van der Waals surface area contributed by atoms with Crippen LogP contribution in [0.4, 0.5) is 0 Å². The van der Waals surface area contributed by atoms with Crippen LogP contribution in [0.1, 0.15) is 38.3 Å². The van der Waals surface area contributed by atoms with Gasteiger partial charge in [0.1, 0.15) is 5.75 Å². The van der Waals surface area contributed by atoms with Crippen LogP contribution in [0.25, 0.3) is 0 Å². The smallest absolute Gasteiger partial charge is 0.330 e. The van der Waals surface area contributed by atoms with Crippen molar-refractivity contribution in [3.63, 3.8) is 0 Å². The number of ether oxygens (including phenoxy) is 1. The Hall–Kier alpha value is -1.75. The Labute approximate surface area is 129 Å². The van der Waals surface area contributed by atoms with Gasteiger partial charge in [-0.3, -0.25) is 4.79 Å². The topological polar surface area (TPSA) is 75.6 Å². The maximum atomic E-state index is 11.9. The van der Waals surface area contributed by atoms with Crippen LogP contribution >= 0.6 is 11.6 Å². The fourth-order valence-electron chi connectivity index (χ4n) is 1.83. The van der Waals surface area contributed by atoms with E-state index in [9.17, 15) is 14.7 Å². The van der Waals surface area contributed by atoms with Gasteiger partial charge in [0, 0.05) is 6.42 Å². The summed E-state index contributed by atoms with van der Waals surface area (Å²) < 4.78 is 5.02. The van der Waals surface area contributed by atoms with Crippen molar-refractivity contribution < 1.29 is 19.4 Å². The zero-order chi connectivity index (χ0) is 16.0. The maximum absolute atomic E-state index is 11.9. The second kappa shape index (κ2) is 7.88. The van der Waals surface area contributed by atoms with E-state index in [1.54, 1.807) is 12.1 Å². The molecule has 1 aromatic rings. The molecule has 0 radical (unpaired) electrons. The molecule has 1 rings (SSSR count). The van der Waals surface area contributed by atoms with E-state index in [0.29, 0.717) is 22.8 Å². The maximum Gasteiger partial charge on any atom is 0.330 e. The van der Waals surface area contributed by atoms with Gasteiger partial charge in [0.25, 0.3) is 0 Å². The number of carbonyl (C=O) groups excluding carboxylic acids is 1. The van der Waals surface area contributed by atoms with Crippen molar-refractivity contribution in [3.8, 4) is 5.75 Å². The second-order valence-corrected chi connectivity index (χ2v) is 5.36. The SMILES string of the molecule is CCC(C)CC(=O)NC(C(=O)O)c1ccc(OC)c(Cl)c1. The highest BCUT2D eigenvalue weighted by molar-refractivity contribution is 6.32. The fourth-order valence-corrected chi connectivity index (χ4v) is 2.10. The summed E-state index contributed by atoms with van der Waals surface area (Å²) in [6, 6.07) is 3.52. The third-order valence-corrected chi connectivity index (χ3v) is 3.59. The molecule has 2 unspecified atom stereocenters. The lowest BCUT2D eigenvalue weighted by molar-refractivity contribution is -0.142. The number of hydrogen-bond acceptors (Lipinski definition) is 3. The first-order chi connectivity index (χ1) is 9.88. The number of carbonyl (C=O) groups is 2. The highest BCUT2D eigenvalue weighted by Crippen LogP contribution is 2.28. The number of carboxylic acids is 1. The summed E-state index contributed by atoms with van der Waals surface area (Å²) in [5.41, 5.74) is 0.408. The van der Waals surface area contributed by atoms with Crippen LogP contribution in [0.3, 0.4) is 0 Å². The van der Waals surface area contributed by atoms with Crippen molar-refractivity contribution in [1.82, 2.24) is 5.32 Å². The highest BCUT2D eigenvalue weighted by Gasteiger charge is 2.23. The van der Waals surface area contributed by atoms with Crippen molar-refractivity contribution in [3.05, 3.63) is 28.8 Å². The number of rotatable bonds is 7. The van der Waals surface area contributed by atoms with Crippen molar-refractivity contribution in [2.45, 2.75) is 32.7 Å². The standard InChI is InChI=1S/C15H20ClNO4/c1-4-9(2)7-13(18)17-14(15(19)20)10-5-6-12(21-3)11(16)8-10/h5-6,8-9,14H,4,7H2,1-3H3,(H,17,18)(H,19,20). The lowest BCUT2D eigenvalue weighted by Crippen LogP contribution is -2.34. The quantitative estimate of drug-likeness (QED) is 0.811. The van der Waals surface area contributed by atoms with E-state index in [1.807, 2.05) is 13.8 Å². The van der Waals surface area contributed by atoms with Crippen LogP contribution in [-0.4, -0.2) is 24.1 Å². The number of benzene rings is 1. The van der Waals surface area contributed by atoms with Gasteiger partial charge in [0.05, 0.1) is 12.1 Å². The van der Waals surface area contributed by atoms with Crippen LogP contribution in [0.15, 0.2) is 18.2 Å². The third kappa shape index (κ3) is 4.93. The Morgan fingerprint density at radius 3 is 2.57 bits per heavy atom. The predicted molar refractivity (Wildman–Crippen MR) is 80.6 cm³/mol. The van der Waals surface area contributed by atoms with Crippen molar-refractivity contribution >= 4 is 23.5 Å². The molecule has 116 valence electrons. The van der Waals surface area contributed by atoms with Crippen LogP contribution in [0.5, 0.6) is 5.75 Å². The summed E-state index contributed by atoms with van der Waals surface area (Å²) in [4.78, 5) is 23.2. The summed E-state index contributed by atoms with van der Waals surface area (Å²) in [6.07, 6.45) is 1.16. The predicted octanol–water partition coefficient (Wildman–Crippen LogP) is 3.03. The van der Waals surface area contributed by atoms with Gasteiger partial charge in [0.15, 0.2) is 6.04 Å². The van der Waals surface area contributed by atoms with E-state index in [0.717, 1.165) is 6.42 Å². The number of carboxylic acid groups (broad SMARTS) is 1. The van der Waals surface area contributed by atoms with Gasteiger partial charge in [-0.2, -0.15) is 0 Å². The molecule has 2 N–H and O–H groups in total. The van der Waals surface area contributed by atoms with E-state index in [4.69, 9.17) is 16.3 Å². The molecular formula is C15H20ClNO4.